The van der Waals surface area contributed by atoms with E-state index in [1.807, 2.05) is 38.1 Å². The number of rotatable bonds is 7. The number of esters is 1. The molecule has 6 nitrogen and oxygen atoms in total. The van der Waals surface area contributed by atoms with Gasteiger partial charge in [0, 0.05) is 16.9 Å². The summed E-state index contributed by atoms with van der Waals surface area (Å²) in [6.07, 6.45) is 0.320. The molecule has 1 aromatic carbocycles. The monoisotopic (exact) mass is 446 g/mol. The molecular weight excluding hydrogens is 423 g/mol. The summed E-state index contributed by atoms with van der Waals surface area (Å²) in [6, 6.07) is 6.15. The van der Waals surface area contributed by atoms with Crippen LogP contribution in [0.25, 0.3) is 0 Å². The Labute approximate surface area is 155 Å². The third-order valence-electron chi connectivity index (χ3n) is 3.44. The second-order valence-electron chi connectivity index (χ2n) is 5.84. The molecule has 1 aromatic rings. The van der Waals surface area contributed by atoms with Crippen LogP contribution in [0.15, 0.2) is 24.3 Å². The zero-order chi connectivity index (χ0) is 18.3. The summed E-state index contributed by atoms with van der Waals surface area (Å²) in [4.78, 5) is 35.8. The standard InChI is InChI=1S/C17H23IN2O4/c1-10(2)15(19-11(3)21)16(22)20-14(17(23)24-4)9-12-6-5-7-13(18)8-12/h5-8,10,14-15H,9H2,1-4H3,(H,19,21)(H,20,22)/t14-,15+/m0/s1. The molecule has 1 rings (SSSR count). The second-order valence-corrected chi connectivity index (χ2v) is 7.09. The highest BCUT2D eigenvalue weighted by molar-refractivity contribution is 14.1. The van der Waals surface area contributed by atoms with Crippen LogP contribution in [0, 0.1) is 9.49 Å². The first kappa shape index (κ1) is 20.4. The molecule has 0 heterocycles. The van der Waals surface area contributed by atoms with Crippen molar-refractivity contribution in [1.29, 1.82) is 0 Å². The van der Waals surface area contributed by atoms with Gasteiger partial charge in [-0.2, -0.15) is 0 Å². The predicted octanol–water partition coefficient (Wildman–Crippen LogP) is 1.65. The van der Waals surface area contributed by atoms with Crippen molar-refractivity contribution >= 4 is 40.4 Å². The van der Waals surface area contributed by atoms with Crippen LogP contribution in [0.1, 0.15) is 26.3 Å². The third kappa shape index (κ3) is 6.46. The number of carbonyl (C=O) groups is 3. The third-order valence-corrected chi connectivity index (χ3v) is 4.11. The maximum absolute atomic E-state index is 12.5. The average Bonchev–Trinajstić information content (AvgIpc) is 2.50. The van der Waals surface area contributed by atoms with Crippen molar-refractivity contribution in [1.82, 2.24) is 10.6 Å². The first-order valence-corrected chi connectivity index (χ1v) is 8.72. The lowest BCUT2D eigenvalue weighted by molar-refractivity contribution is -0.145. The molecule has 0 spiro atoms. The van der Waals surface area contributed by atoms with Crippen LogP contribution in [0.2, 0.25) is 0 Å². The Bertz CT molecular complexity index is 604. The predicted molar refractivity (Wildman–Crippen MR) is 99.3 cm³/mol. The van der Waals surface area contributed by atoms with E-state index in [1.165, 1.54) is 14.0 Å². The molecule has 0 unspecified atom stereocenters. The molecule has 0 aliphatic rings. The zero-order valence-corrected chi connectivity index (χ0v) is 16.4. The molecule has 2 atom stereocenters. The van der Waals surface area contributed by atoms with E-state index >= 15 is 0 Å². The minimum absolute atomic E-state index is 0.107. The maximum atomic E-state index is 12.5. The molecule has 0 aromatic heterocycles. The summed E-state index contributed by atoms with van der Waals surface area (Å²) in [5.74, 6) is -1.32. The van der Waals surface area contributed by atoms with Gasteiger partial charge in [0.25, 0.3) is 0 Å². The fourth-order valence-corrected chi connectivity index (χ4v) is 2.86. The van der Waals surface area contributed by atoms with E-state index in [0.717, 1.165) is 9.13 Å². The molecule has 0 aliphatic heterocycles. The Balaban J connectivity index is 2.90. The van der Waals surface area contributed by atoms with Crippen molar-refractivity contribution in [3.63, 3.8) is 0 Å². The van der Waals surface area contributed by atoms with E-state index in [9.17, 15) is 14.4 Å². The number of hydrogen-bond acceptors (Lipinski definition) is 4. The molecule has 0 fully saturated rings. The normalized spacial score (nSPS) is 13.1. The number of methoxy groups -OCH3 is 1. The molecular formula is C17H23IN2O4. The molecule has 0 saturated heterocycles. The molecule has 2 N–H and O–H groups in total. The van der Waals surface area contributed by atoms with Gasteiger partial charge in [-0.05, 0) is 46.2 Å². The minimum atomic E-state index is -0.810. The highest BCUT2D eigenvalue weighted by Gasteiger charge is 2.28. The molecule has 132 valence electrons. The van der Waals surface area contributed by atoms with Crippen molar-refractivity contribution < 1.29 is 19.1 Å². The van der Waals surface area contributed by atoms with E-state index in [2.05, 4.69) is 33.2 Å². The van der Waals surface area contributed by atoms with Crippen LogP contribution < -0.4 is 10.6 Å². The number of benzene rings is 1. The van der Waals surface area contributed by atoms with Gasteiger partial charge in [0.05, 0.1) is 7.11 Å². The maximum Gasteiger partial charge on any atom is 0.328 e. The number of amides is 2. The summed E-state index contributed by atoms with van der Waals surface area (Å²) >= 11 is 2.19. The average molecular weight is 446 g/mol. The van der Waals surface area contributed by atoms with Crippen molar-refractivity contribution in [2.45, 2.75) is 39.3 Å². The van der Waals surface area contributed by atoms with Crippen LogP contribution in [-0.4, -0.2) is 37.0 Å². The smallest absolute Gasteiger partial charge is 0.328 e. The molecule has 0 radical (unpaired) electrons. The van der Waals surface area contributed by atoms with Crippen LogP contribution in [0.4, 0.5) is 0 Å². The van der Waals surface area contributed by atoms with Gasteiger partial charge in [0.2, 0.25) is 11.8 Å². The highest BCUT2D eigenvalue weighted by atomic mass is 127. The summed E-state index contributed by atoms with van der Waals surface area (Å²) < 4.78 is 5.83. The molecule has 24 heavy (non-hydrogen) atoms. The number of nitrogens with one attached hydrogen (secondary N) is 2. The van der Waals surface area contributed by atoms with Crippen molar-refractivity contribution in [3.05, 3.63) is 33.4 Å². The van der Waals surface area contributed by atoms with Crippen molar-refractivity contribution in [2.75, 3.05) is 7.11 Å². The summed E-state index contributed by atoms with van der Waals surface area (Å²) in [5.41, 5.74) is 0.915. The number of carbonyl (C=O) groups excluding carboxylic acids is 3. The van der Waals surface area contributed by atoms with E-state index in [-0.39, 0.29) is 11.8 Å². The van der Waals surface area contributed by atoms with Gasteiger partial charge in [-0.1, -0.05) is 26.0 Å². The highest BCUT2D eigenvalue weighted by Crippen LogP contribution is 2.11. The Kier molecular flexibility index (Phi) is 8.17. The van der Waals surface area contributed by atoms with Crippen LogP contribution >= 0.6 is 22.6 Å². The molecule has 7 heteroatoms. The molecule has 0 saturated carbocycles. The summed E-state index contributed by atoms with van der Waals surface area (Å²) in [6.45, 7) is 5.01. The Morgan fingerprint density at radius 3 is 2.38 bits per heavy atom. The summed E-state index contributed by atoms with van der Waals surface area (Å²) in [7, 11) is 1.28. The van der Waals surface area contributed by atoms with Gasteiger partial charge in [0.1, 0.15) is 12.1 Å². The van der Waals surface area contributed by atoms with E-state index < -0.39 is 24.0 Å². The van der Waals surface area contributed by atoms with Crippen molar-refractivity contribution in [2.24, 2.45) is 5.92 Å². The fourth-order valence-electron chi connectivity index (χ4n) is 2.25. The SMILES string of the molecule is COC(=O)[C@H](Cc1cccc(I)c1)NC(=O)[C@H](NC(C)=O)C(C)C. The number of hydrogen-bond donors (Lipinski definition) is 2. The largest absolute Gasteiger partial charge is 0.467 e. The Hall–Kier alpha value is -1.64. The van der Waals surface area contributed by atoms with Gasteiger partial charge >= 0.3 is 5.97 Å². The van der Waals surface area contributed by atoms with Gasteiger partial charge in [-0.25, -0.2) is 4.79 Å². The van der Waals surface area contributed by atoms with Crippen LogP contribution in [-0.2, 0) is 25.5 Å². The van der Waals surface area contributed by atoms with Gasteiger partial charge in [0.15, 0.2) is 0 Å². The van der Waals surface area contributed by atoms with Gasteiger partial charge in [-0.15, -0.1) is 0 Å². The number of halogens is 1. The van der Waals surface area contributed by atoms with E-state index in [4.69, 9.17) is 4.74 Å². The second kappa shape index (κ2) is 9.61. The number of ether oxygens (including phenoxy) is 1. The van der Waals surface area contributed by atoms with Crippen molar-refractivity contribution in [3.8, 4) is 0 Å². The van der Waals surface area contributed by atoms with E-state index in [1.54, 1.807) is 0 Å². The first-order valence-electron chi connectivity index (χ1n) is 7.64. The van der Waals surface area contributed by atoms with Crippen LogP contribution in [0.5, 0.6) is 0 Å². The molecule has 0 bridgehead atoms. The molecule has 0 aliphatic carbocycles. The lowest BCUT2D eigenvalue weighted by atomic mass is 10.0. The quantitative estimate of drug-likeness (QED) is 0.493. The molecule has 2 amide bonds. The Morgan fingerprint density at radius 2 is 1.88 bits per heavy atom. The Morgan fingerprint density at radius 1 is 1.21 bits per heavy atom. The van der Waals surface area contributed by atoms with Gasteiger partial charge < -0.3 is 15.4 Å². The summed E-state index contributed by atoms with van der Waals surface area (Å²) in [5, 5.41) is 5.30. The fraction of sp³-hybridized carbons (Fsp3) is 0.471. The zero-order valence-electron chi connectivity index (χ0n) is 14.3. The first-order chi connectivity index (χ1) is 11.2. The topological polar surface area (TPSA) is 84.5 Å². The van der Waals surface area contributed by atoms with Gasteiger partial charge in [-0.3, -0.25) is 9.59 Å². The lowest BCUT2D eigenvalue weighted by Gasteiger charge is -2.24. The van der Waals surface area contributed by atoms with E-state index in [0.29, 0.717) is 6.42 Å². The lowest BCUT2D eigenvalue weighted by Crippen LogP contribution is -2.54. The van der Waals surface area contributed by atoms with Crippen LogP contribution in [0.3, 0.4) is 0 Å². The minimum Gasteiger partial charge on any atom is -0.467 e.